The van der Waals surface area contributed by atoms with Gasteiger partial charge in [0.05, 0.1) is 12.7 Å². The molecule has 2 heterocycles. The minimum Gasteiger partial charge on any atom is -0.305 e. The highest BCUT2D eigenvalue weighted by molar-refractivity contribution is 9.10. The Kier molecular flexibility index (Phi) is 2.93. The van der Waals surface area contributed by atoms with Gasteiger partial charge >= 0.3 is 0 Å². The Balaban J connectivity index is 2.04. The van der Waals surface area contributed by atoms with Gasteiger partial charge in [0.1, 0.15) is 5.69 Å². The summed E-state index contributed by atoms with van der Waals surface area (Å²) in [6.07, 6.45) is 1.76. The van der Waals surface area contributed by atoms with Crippen LogP contribution in [0.15, 0.2) is 28.9 Å². The van der Waals surface area contributed by atoms with Crippen molar-refractivity contribution < 1.29 is 4.79 Å². The topological polar surface area (TPSA) is 38.1 Å². The number of fused-ring (bicyclic) bond motifs is 1. The summed E-state index contributed by atoms with van der Waals surface area (Å²) in [5.74, 6) is 0.0340. The van der Waals surface area contributed by atoms with E-state index in [1.165, 1.54) is 0 Å². The van der Waals surface area contributed by atoms with Gasteiger partial charge in [0.25, 0.3) is 5.91 Å². The minimum absolute atomic E-state index is 0.0340. The predicted octanol–water partition coefficient (Wildman–Crippen LogP) is 2.92. The smallest absolute Gasteiger partial charge is 0.276 e. The molecular formula is C14H14BrN3O. The molecule has 0 N–H and O–H groups in total. The molecule has 4 nitrogen and oxygen atoms in total. The van der Waals surface area contributed by atoms with Crippen molar-refractivity contribution in [2.45, 2.75) is 20.4 Å². The Morgan fingerprint density at radius 1 is 1.21 bits per heavy atom. The number of aromatic nitrogens is 2. The normalized spacial score (nSPS) is 14.7. The van der Waals surface area contributed by atoms with Crippen LogP contribution in [0, 0.1) is 13.8 Å². The van der Waals surface area contributed by atoms with E-state index in [4.69, 9.17) is 0 Å². The molecule has 1 amide bonds. The Labute approximate surface area is 120 Å². The molecule has 2 aromatic rings. The van der Waals surface area contributed by atoms with Crippen molar-refractivity contribution in [1.29, 1.82) is 0 Å². The maximum atomic E-state index is 12.6. The highest BCUT2D eigenvalue weighted by Crippen LogP contribution is 2.27. The van der Waals surface area contributed by atoms with Crippen LogP contribution in [0.25, 0.3) is 0 Å². The number of carbonyl (C=O) groups is 1. The molecule has 0 aliphatic carbocycles. The number of hydrogen-bond acceptors (Lipinski definition) is 2. The zero-order valence-corrected chi connectivity index (χ0v) is 12.4. The molecule has 98 valence electrons. The molecule has 19 heavy (non-hydrogen) atoms. The van der Waals surface area contributed by atoms with Crippen LogP contribution in [0.1, 0.15) is 21.6 Å². The van der Waals surface area contributed by atoms with Crippen molar-refractivity contribution in [3.8, 4) is 0 Å². The van der Waals surface area contributed by atoms with Crippen molar-refractivity contribution in [3.63, 3.8) is 0 Å². The van der Waals surface area contributed by atoms with Crippen LogP contribution in [-0.2, 0) is 6.54 Å². The van der Waals surface area contributed by atoms with Crippen LogP contribution in [0.5, 0.6) is 0 Å². The molecule has 0 radical (unpaired) electrons. The molecule has 0 bridgehead atoms. The molecule has 0 fully saturated rings. The Morgan fingerprint density at radius 3 is 2.74 bits per heavy atom. The van der Waals surface area contributed by atoms with Crippen molar-refractivity contribution in [3.05, 3.63) is 45.7 Å². The van der Waals surface area contributed by atoms with Crippen molar-refractivity contribution in [2.24, 2.45) is 0 Å². The van der Waals surface area contributed by atoms with Gasteiger partial charge in [-0.1, -0.05) is 15.9 Å². The SMILES string of the molecule is Cc1cc(Br)ccc1N1CCn2ncc(C)c2C1=O. The minimum atomic E-state index is 0.0340. The highest BCUT2D eigenvalue weighted by atomic mass is 79.9. The molecule has 3 rings (SSSR count). The lowest BCUT2D eigenvalue weighted by Crippen LogP contribution is -2.41. The van der Waals surface area contributed by atoms with Crippen LogP contribution < -0.4 is 4.90 Å². The van der Waals surface area contributed by atoms with Crippen LogP contribution >= 0.6 is 15.9 Å². The fourth-order valence-corrected chi connectivity index (χ4v) is 2.98. The second-order valence-electron chi connectivity index (χ2n) is 4.79. The Bertz CT molecular complexity index is 663. The van der Waals surface area contributed by atoms with Gasteiger partial charge in [-0.3, -0.25) is 9.48 Å². The molecule has 5 heteroatoms. The molecule has 0 saturated heterocycles. The zero-order valence-electron chi connectivity index (χ0n) is 10.9. The van der Waals surface area contributed by atoms with Crippen LogP contribution in [0.2, 0.25) is 0 Å². The standard InChI is InChI=1S/C14H14BrN3O/c1-9-7-11(15)3-4-12(9)17-5-6-18-13(14(17)19)10(2)8-16-18/h3-4,7-8H,5-6H2,1-2H3. The van der Waals surface area contributed by atoms with Gasteiger partial charge in [0.2, 0.25) is 0 Å². The van der Waals surface area contributed by atoms with Gasteiger partial charge < -0.3 is 4.90 Å². The average Bonchev–Trinajstić information content (AvgIpc) is 2.73. The Morgan fingerprint density at radius 2 is 2.00 bits per heavy atom. The molecular weight excluding hydrogens is 306 g/mol. The van der Waals surface area contributed by atoms with E-state index in [0.29, 0.717) is 12.2 Å². The summed E-state index contributed by atoms with van der Waals surface area (Å²) in [6, 6.07) is 5.98. The number of amides is 1. The molecule has 0 spiro atoms. The van der Waals surface area contributed by atoms with E-state index in [9.17, 15) is 4.79 Å². The monoisotopic (exact) mass is 319 g/mol. The van der Waals surface area contributed by atoms with Crippen LogP contribution in [0.3, 0.4) is 0 Å². The first-order valence-corrected chi connectivity index (χ1v) is 6.97. The third kappa shape index (κ3) is 1.98. The number of carbonyl (C=O) groups excluding carboxylic acids is 1. The van der Waals surface area contributed by atoms with Gasteiger partial charge in [-0.05, 0) is 37.6 Å². The lowest BCUT2D eigenvalue weighted by Gasteiger charge is -2.29. The first-order chi connectivity index (χ1) is 9.08. The second-order valence-corrected chi connectivity index (χ2v) is 5.70. The van der Waals surface area contributed by atoms with Crippen molar-refractivity contribution >= 4 is 27.5 Å². The summed E-state index contributed by atoms with van der Waals surface area (Å²) >= 11 is 3.45. The highest BCUT2D eigenvalue weighted by Gasteiger charge is 2.28. The van der Waals surface area contributed by atoms with Crippen molar-refractivity contribution in [2.75, 3.05) is 11.4 Å². The number of hydrogen-bond donors (Lipinski definition) is 0. The molecule has 0 atom stereocenters. The lowest BCUT2D eigenvalue weighted by molar-refractivity contribution is 0.0961. The zero-order chi connectivity index (χ0) is 13.6. The maximum absolute atomic E-state index is 12.6. The number of halogens is 1. The van der Waals surface area contributed by atoms with E-state index in [0.717, 1.165) is 27.8 Å². The molecule has 1 aliphatic rings. The van der Waals surface area contributed by atoms with E-state index in [2.05, 4.69) is 21.0 Å². The third-order valence-corrected chi connectivity index (χ3v) is 3.95. The summed E-state index contributed by atoms with van der Waals surface area (Å²) < 4.78 is 2.82. The van der Waals surface area contributed by atoms with E-state index in [1.54, 1.807) is 10.9 Å². The summed E-state index contributed by atoms with van der Waals surface area (Å²) in [5.41, 5.74) is 3.70. The average molecular weight is 320 g/mol. The van der Waals surface area contributed by atoms with Gasteiger partial charge in [-0.15, -0.1) is 0 Å². The van der Waals surface area contributed by atoms with E-state index < -0.39 is 0 Å². The van der Waals surface area contributed by atoms with Gasteiger partial charge in [-0.2, -0.15) is 5.10 Å². The number of nitrogens with zero attached hydrogens (tertiary/aromatic N) is 3. The van der Waals surface area contributed by atoms with Gasteiger partial charge in [0, 0.05) is 22.3 Å². The molecule has 0 unspecified atom stereocenters. The maximum Gasteiger partial charge on any atom is 0.276 e. The number of rotatable bonds is 1. The van der Waals surface area contributed by atoms with Crippen LogP contribution in [0.4, 0.5) is 5.69 Å². The largest absolute Gasteiger partial charge is 0.305 e. The summed E-state index contributed by atoms with van der Waals surface area (Å²) in [5, 5.41) is 4.23. The number of benzene rings is 1. The fourth-order valence-electron chi connectivity index (χ4n) is 2.50. The Hall–Kier alpha value is -1.62. The molecule has 1 aromatic heterocycles. The molecule has 1 aromatic carbocycles. The quantitative estimate of drug-likeness (QED) is 0.810. The fraction of sp³-hybridized carbons (Fsp3) is 0.286. The van der Waals surface area contributed by atoms with E-state index in [-0.39, 0.29) is 5.91 Å². The first kappa shape index (κ1) is 12.4. The summed E-state index contributed by atoms with van der Waals surface area (Å²) in [7, 11) is 0. The number of anilines is 1. The van der Waals surface area contributed by atoms with Gasteiger partial charge in [-0.25, -0.2) is 0 Å². The summed E-state index contributed by atoms with van der Waals surface area (Å²) in [4.78, 5) is 14.4. The second kappa shape index (κ2) is 4.49. The molecule has 1 aliphatic heterocycles. The van der Waals surface area contributed by atoms with Crippen molar-refractivity contribution in [1.82, 2.24) is 9.78 Å². The third-order valence-electron chi connectivity index (χ3n) is 3.46. The summed E-state index contributed by atoms with van der Waals surface area (Å²) in [6.45, 7) is 5.35. The van der Waals surface area contributed by atoms with E-state index in [1.807, 2.05) is 36.9 Å². The van der Waals surface area contributed by atoms with Crippen LogP contribution in [-0.4, -0.2) is 22.2 Å². The first-order valence-electron chi connectivity index (χ1n) is 6.18. The van der Waals surface area contributed by atoms with Gasteiger partial charge in [0.15, 0.2) is 0 Å². The predicted molar refractivity (Wildman–Crippen MR) is 77.5 cm³/mol. The van der Waals surface area contributed by atoms with E-state index >= 15 is 0 Å². The lowest BCUT2D eigenvalue weighted by atomic mass is 10.1. The number of aryl methyl sites for hydroxylation is 2. The molecule has 0 saturated carbocycles.